The number of hydrogen-bond donors (Lipinski definition) is 4. The minimum absolute atomic E-state index is 0.0437. The van der Waals surface area contributed by atoms with Crippen molar-refractivity contribution in [2.45, 2.75) is 13.7 Å². The van der Waals surface area contributed by atoms with Gasteiger partial charge in [-0.1, -0.05) is 22.9 Å². The van der Waals surface area contributed by atoms with Gasteiger partial charge in [0.05, 0.1) is 22.4 Å². The van der Waals surface area contributed by atoms with Gasteiger partial charge >= 0.3 is 0 Å². The first kappa shape index (κ1) is 19.1. The Labute approximate surface area is 172 Å². The highest BCUT2D eigenvalue weighted by Gasteiger charge is 2.14. The molecule has 29 heavy (non-hydrogen) atoms. The summed E-state index contributed by atoms with van der Waals surface area (Å²) in [5.41, 5.74) is 1.50. The number of nitrogens with zero attached hydrogens (tertiary/aromatic N) is 4. The van der Waals surface area contributed by atoms with Crippen molar-refractivity contribution in [3.63, 3.8) is 0 Å². The molecule has 4 rings (SSSR count). The summed E-state index contributed by atoms with van der Waals surface area (Å²) in [6, 6.07) is 5.13. The molecule has 1 aromatic carbocycles. The summed E-state index contributed by atoms with van der Waals surface area (Å²) in [7, 11) is 0. The summed E-state index contributed by atoms with van der Waals surface area (Å²) in [6.07, 6.45) is 3.08. The van der Waals surface area contributed by atoms with Gasteiger partial charge in [-0.15, -0.1) is 10.2 Å². The summed E-state index contributed by atoms with van der Waals surface area (Å²) in [5.74, 6) is -0.396. The summed E-state index contributed by atoms with van der Waals surface area (Å²) in [5, 5.41) is 32.3. The Kier molecular flexibility index (Phi) is 5.01. The fourth-order valence-electron chi connectivity index (χ4n) is 2.72. The Morgan fingerprint density at radius 3 is 2.93 bits per heavy atom. The number of benzene rings is 1. The summed E-state index contributed by atoms with van der Waals surface area (Å²) < 4.78 is 1.07. The lowest BCUT2D eigenvalue weighted by Crippen LogP contribution is -2.25. The number of pyridine rings is 1. The number of aromatic nitrogens is 5. The van der Waals surface area contributed by atoms with Crippen LogP contribution in [-0.4, -0.2) is 36.0 Å². The Balaban J connectivity index is 1.67. The predicted molar refractivity (Wildman–Crippen MR) is 111 cm³/mol. The van der Waals surface area contributed by atoms with Crippen LogP contribution >= 0.6 is 22.9 Å². The van der Waals surface area contributed by atoms with Gasteiger partial charge in [-0.2, -0.15) is 5.10 Å². The zero-order valence-corrected chi connectivity index (χ0v) is 16.5. The van der Waals surface area contributed by atoms with Gasteiger partial charge in [-0.3, -0.25) is 19.3 Å². The monoisotopic (exact) mass is 431 g/mol. The molecule has 0 aliphatic heterocycles. The molecule has 12 heteroatoms. The van der Waals surface area contributed by atoms with E-state index >= 15 is 0 Å². The van der Waals surface area contributed by atoms with Crippen molar-refractivity contribution in [2.75, 3.05) is 10.6 Å². The normalized spacial score (nSPS) is 11.0. The second-order valence-electron chi connectivity index (χ2n) is 6.04. The van der Waals surface area contributed by atoms with Crippen molar-refractivity contribution in [3.8, 4) is 10.6 Å². The number of aromatic amines is 1. The number of aliphatic hydroxyl groups is 1. The predicted octanol–water partition coefficient (Wildman–Crippen LogP) is 2.55. The number of amides is 1. The summed E-state index contributed by atoms with van der Waals surface area (Å²) in [6.45, 7) is 0.756. The Morgan fingerprint density at radius 1 is 1.34 bits per heavy atom. The number of aliphatic hydroxyl groups excluding tert-OH is 1. The van der Waals surface area contributed by atoms with Crippen molar-refractivity contribution < 1.29 is 9.90 Å². The van der Waals surface area contributed by atoms with E-state index in [2.05, 4.69) is 31.0 Å². The topological polar surface area (TPSA) is 138 Å². The number of H-pyrrole nitrogens is 1. The van der Waals surface area contributed by atoms with Gasteiger partial charge in [0.25, 0.3) is 5.56 Å². The molecule has 3 aromatic heterocycles. The molecular weight excluding hydrogens is 418 g/mol. The van der Waals surface area contributed by atoms with Crippen LogP contribution < -0.4 is 16.2 Å². The van der Waals surface area contributed by atoms with Crippen LogP contribution in [0.2, 0.25) is 5.02 Å². The molecule has 0 saturated heterocycles. The standard InChI is InChI=1S/C17H14ClN7O3S/c1-8(27)20-13-4-9(6-25(7-26)16(13)28)15-23-24-17(29-15)21-12-3-2-11-10(14(12)18)5-19-22-11/h2-6,26H,7H2,1H3,(H,19,22)(H,20,27)(H,21,24). The Bertz CT molecular complexity index is 1280. The highest BCUT2D eigenvalue weighted by molar-refractivity contribution is 7.18. The van der Waals surface area contributed by atoms with Crippen LogP contribution in [0.3, 0.4) is 0 Å². The third-order valence-electron chi connectivity index (χ3n) is 4.02. The van der Waals surface area contributed by atoms with Crippen LogP contribution in [0.4, 0.5) is 16.5 Å². The van der Waals surface area contributed by atoms with Crippen molar-refractivity contribution in [3.05, 3.63) is 46.0 Å². The zero-order valence-electron chi connectivity index (χ0n) is 14.9. The second kappa shape index (κ2) is 7.62. The average molecular weight is 432 g/mol. The number of fused-ring (bicyclic) bond motifs is 1. The zero-order chi connectivity index (χ0) is 20.5. The average Bonchev–Trinajstić information content (AvgIpc) is 3.35. The minimum Gasteiger partial charge on any atom is -0.376 e. The number of rotatable bonds is 5. The SMILES string of the molecule is CC(=O)Nc1cc(-c2nnc(Nc3ccc4[nH]ncc4c3Cl)s2)cn(CO)c1=O. The molecule has 0 radical (unpaired) electrons. The molecule has 0 saturated carbocycles. The Morgan fingerprint density at radius 2 is 2.17 bits per heavy atom. The maximum absolute atomic E-state index is 12.2. The van der Waals surface area contributed by atoms with E-state index in [4.69, 9.17) is 11.6 Å². The smallest absolute Gasteiger partial charge is 0.276 e. The lowest BCUT2D eigenvalue weighted by Gasteiger charge is -2.08. The van der Waals surface area contributed by atoms with Gasteiger partial charge in [-0.25, -0.2) is 0 Å². The molecule has 0 unspecified atom stereocenters. The summed E-state index contributed by atoms with van der Waals surface area (Å²) >= 11 is 7.64. The molecule has 0 spiro atoms. The molecule has 0 fully saturated rings. The number of carbonyl (C=O) groups is 1. The number of nitrogens with one attached hydrogen (secondary N) is 3. The van der Waals surface area contributed by atoms with Crippen LogP contribution in [0.5, 0.6) is 0 Å². The number of carbonyl (C=O) groups excluding carboxylic acids is 1. The molecular formula is C17H14ClN7O3S. The molecule has 1 amide bonds. The molecule has 0 bridgehead atoms. The van der Waals surface area contributed by atoms with Gasteiger partial charge in [0, 0.05) is 24.1 Å². The van der Waals surface area contributed by atoms with Gasteiger partial charge in [-0.05, 0) is 18.2 Å². The van der Waals surface area contributed by atoms with E-state index in [0.717, 1.165) is 15.5 Å². The molecule has 0 aliphatic carbocycles. The van der Waals surface area contributed by atoms with Crippen LogP contribution in [0.25, 0.3) is 21.5 Å². The third kappa shape index (κ3) is 3.70. The van der Waals surface area contributed by atoms with E-state index in [1.165, 1.54) is 30.5 Å². The maximum atomic E-state index is 12.2. The number of anilines is 3. The van der Waals surface area contributed by atoms with E-state index in [1.807, 2.05) is 6.07 Å². The van der Waals surface area contributed by atoms with Gasteiger partial charge < -0.3 is 15.7 Å². The van der Waals surface area contributed by atoms with E-state index < -0.39 is 18.2 Å². The molecule has 0 aliphatic rings. The first-order chi connectivity index (χ1) is 14.0. The molecule has 10 nitrogen and oxygen atoms in total. The van der Waals surface area contributed by atoms with Crippen molar-refractivity contribution in [1.29, 1.82) is 0 Å². The minimum atomic E-state index is -0.538. The van der Waals surface area contributed by atoms with Gasteiger partial charge in [0.2, 0.25) is 11.0 Å². The van der Waals surface area contributed by atoms with Crippen molar-refractivity contribution >= 4 is 56.3 Å². The van der Waals surface area contributed by atoms with E-state index in [1.54, 1.807) is 12.3 Å². The van der Waals surface area contributed by atoms with Gasteiger partial charge in [0.1, 0.15) is 12.4 Å². The van der Waals surface area contributed by atoms with Crippen molar-refractivity contribution in [2.24, 2.45) is 0 Å². The molecule has 148 valence electrons. The van der Waals surface area contributed by atoms with Crippen LogP contribution in [0.15, 0.2) is 35.4 Å². The first-order valence-electron chi connectivity index (χ1n) is 8.31. The fraction of sp³-hybridized carbons (Fsp3) is 0.118. The molecule has 4 aromatic rings. The molecule has 0 atom stereocenters. The lowest BCUT2D eigenvalue weighted by atomic mass is 10.2. The van der Waals surface area contributed by atoms with E-state index in [9.17, 15) is 14.7 Å². The van der Waals surface area contributed by atoms with Crippen molar-refractivity contribution in [1.82, 2.24) is 25.0 Å². The second-order valence-corrected chi connectivity index (χ2v) is 7.39. The first-order valence-corrected chi connectivity index (χ1v) is 9.51. The quantitative estimate of drug-likeness (QED) is 0.381. The van der Waals surface area contributed by atoms with Crippen LogP contribution in [0, 0.1) is 0 Å². The fourth-order valence-corrected chi connectivity index (χ4v) is 3.72. The van der Waals surface area contributed by atoms with E-state index in [-0.39, 0.29) is 5.69 Å². The van der Waals surface area contributed by atoms with Crippen LogP contribution in [0.1, 0.15) is 6.92 Å². The molecule has 4 N–H and O–H groups in total. The highest BCUT2D eigenvalue weighted by Crippen LogP contribution is 2.34. The third-order valence-corrected chi connectivity index (χ3v) is 5.32. The number of hydrogen-bond acceptors (Lipinski definition) is 8. The molecule has 3 heterocycles. The largest absolute Gasteiger partial charge is 0.376 e. The lowest BCUT2D eigenvalue weighted by molar-refractivity contribution is -0.114. The van der Waals surface area contributed by atoms with E-state index in [0.29, 0.717) is 26.4 Å². The van der Waals surface area contributed by atoms with Crippen LogP contribution in [-0.2, 0) is 11.5 Å². The van der Waals surface area contributed by atoms with Gasteiger partial charge in [0.15, 0.2) is 5.01 Å². The number of halogens is 1. The Hall–Kier alpha value is -3.28. The summed E-state index contributed by atoms with van der Waals surface area (Å²) in [4.78, 5) is 23.6. The highest BCUT2D eigenvalue weighted by atomic mass is 35.5. The maximum Gasteiger partial charge on any atom is 0.276 e.